The number of carbonyl (C=O) groups excluding carboxylic acids is 1. The van der Waals surface area contributed by atoms with Crippen LogP contribution in [0.25, 0.3) is 15.9 Å². The minimum absolute atomic E-state index is 0.0522. The minimum atomic E-state index is 0.0522. The van der Waals surface area contributed by atoms with E-state index >= 15 is 0 Å². The first-order chi connectivity index (χ1) is 14.7. The Morgan fingerprint density at radius 3 is 2.57 bits per heavy atom. The summed E-state index contributed by atoms with van der Waals surface area (Å²) in [6.07, 6.45) is 5.76. The lowest BCUT2D eigenvalue weighted by Crippen LogP contribution is -2.49. The number of hydrogen-bond acceptors (Lipinski definition) is 7. The van der Waals surface area contributed by atoms with Crippen molar-refractivity contribution in [3.05, 3.63) is 59.8 Å². The van der Waals surface area contributed by atoms with Gasteiger partial charge in [-0.25, -0.2) is 19.6 Å². The molecule has 0 saturated carbocycles. The van der Waals surface area contributed by atoms with Gasteiger partial charge >= 0.3 is 0 Å². The Hall–Kier alpha value is -3.33. The number of thiophene rings is 1. The topological polar surface area (TPSA) is 80.0 Å². The predicted molar refractivity (Wildman–Crippen MR) is 116 cm³/mol. The molecule has 4 aromatic rings. The average Bonchev–Trinajstić information content (AvgIpc) is 3.48. The summed E-state index contributed by atoms with van der Waals surface area (Å²) in [7, 11) is 0. The molecule has 0 atom stereocenters. The van der Waals surface area contributed by atoms with Crippen molar-refractivity contribution in [3.8, 4) is 5.69 Å². The van der Waals surface area contributed by atoms with Gasteiger partial charge in [-0.3, -0.25) is 4.79 Å². The van der Waals surface area contributed by atoms with E-state index in [-0.39, 0.29) is 5.91 Å². The first kappa shape index (κ1) is 18.7. The maximum atomic E-state index is 12.9. The van der Waals surface area contributed by atoms with E-state index in [9.17, 15) is 4.79 Å². The Morgan fingerprint density at radius 1 is 1.07 bits per heavy atom. The minimum Gasteiger partial charge on any atom is -0.352 e. The Kier molecular flexibility index (Phi) is 4.88. The van der Waals surface area contributed by atoms with Crippen LogP contribution in [0.15, 0.2) is 49.3 Å². The summed E-state index contributed by atoms with van der Waals surface area (Å²) in [5.74, 6) is 1.02. The van der Waals surface area contributed by atoms with Gasteiger partial charge in [-0.1, -0.05) is 6.92 Å². The van der Waals surface area contributed by atoms with Gasteiger partial charge in [-0.05, 0) is 36.8 Å². The number of hydrogen-bond donors (Lipinski definition) is 0. The Bertz CT molecular complexity index is 1160. The molecule has 0 aliphatic carbocycles. The van der Waals surface area contributed by atoms with E-state index in [0.717, 1.165) is 41.2 Å². The number of aryl methyl sites for hydroxylation is 1. The molecule has 0 radical (unpaired) electrons. The van der Waals surface area contributed by atoms with Crippen LogP contribution in [-0.2, 0) is 6.42 Å². The molecule has 1 aliphatic rings. The van der Waals surface area contributed by atoms with E-state index in [1.165, 1.54) is 11.2 Å². The van der Waals surface area contributed by atoms with E-state index in [4.69, 9.17) is 0 Å². The number of piperazine rings is 1. The van der Waals surface area contributed by atoms with Crippen molar-refractivity contribution in [2.45, 2.75) is 13.3 Å². The fourth-order valence-corrected chi connectivity index (χ4v) is 4.65. The van der Waals surface area contributed by atoms with Crippen LogP contribution < -0.4 is 4.90 Å². The SMILES string of the molecule is CCc1cc2c(N3CCN(C(=O)c4ccc(-n5cncn5)cc4)CC3)ncnc2s1. The number of rotatable bonds is 4. The van der Waals surface area contributed by atoms with Crippen molar-refractivity contribution < 1.29 is 4.79 Å². The zero-order valence-electron chi connectivity index (χ0n) is 16.6. The Balaban J connectivity index is 1.28. The van der Waals surface area contributed by atoms with Crippen molar-refractivity contribution in [2.75, 3.05) is 31.1 Å². The summed E-state index contributed by atoms with van der Waals surface area (Å²) in [6, 6.07) is 9.66. The smallest absolute Gasteiger partial charge is 0.253 e. The van der Waals surface area contributed by atoms with Crippen LogP contribution in [0.4, 0.5) is 5.82 Å². The van der Waals surface area contributed by atoms with Gasteiger partial charge in [-0.2, -0.15) is 5.10 Å². The average molecular weight is 420 g/mol. The van der Waals surface area contributed by atoms with E-state index in [1.54, 1.807) is 28.7 Å². The fraction of sp³-hybridized carbons (Fsp3) is 0.286. The van der Waals surface area contributed by atoms with Crippen LogP contribution in [-0.4, -0.2) is 61.7 Å². The van der Waals surface area contributed by atoms with Gasteiger partial charge in [0.25, 0.3) is 5.91 Å². The highest BCUT2D eigenvalue weighted by atomic mass is 32.1. The summed E-state index contributed by atoms with van der Waals surface area (Å²) in [5, 5.41) is 5.23. The van der Waals surface area contributed by atoms with Crippen LogP contribution in [0.1, 0.15) is 22.2 Å². The maximum Gasteiger partial charge on any atom is 0.253 e. The van der Waals surface area contributed by atoms with E-state index < -0.39 is 0 Å². The van der Waals surface area contributed by atoms with E-state index in [2.05, 4.69) is 37.9 Å². The number of benzene rings is 1. The van der Waals surface area contributed by atoms with Crippen molar-refractivity contribution in [3.63, 3.8) is 0 Å². The quantitative estimate of drug-likeness (QED) is 0.506. The second kappa shape index (κ2) is 7.83. The van der Waals surface area contributed by atoms with Gasteiger partial charge in [0.15, 0.2) is 0 Å². The lowest BCUT2D eigenvalue weighted by atomic mass is 10.1. The molecule has 0 N–H and O–H groups in total. The standard InChI is InChI=1S/C21H21N7OS/c1-2-17-11-18-19(23-13-24-20(18)30-17)26-7-9-27(10-8-26)21(29)15-3-5-16(6-4-15)28-14-22-12-25-28/h3-6,11-14H,2,7-10H2,1H3. The fourth-order valence-electron chi connectivity index (χ4n) is 3.72. The van der Waals surface area contributed by atoms with Crippen LogP contribution in [0.5, 0.6) is 0 Å². The van der Waals surface area contributed by atoms with Crippen LogP contribution in [0.2, 0.25) is 0 Å². The number of fused-ring (bicyclic) bond motifs is 1. The molecule has 1 aliphatic heterocycles. The predicted octanol–water partition coefficient (Wildman–Crippen LogP) is 2.80. The molecule has 9 heteroatoms. The normalized spacial score (nSPS) is 14.4. The summed E-state index contributed by atoms with van der Waals surface area (Å²) < 4.78 is 1.67. The molecule has 0 bridgehead atoms. The molecule has 1 saturated heterocycles. The highest BCUT2D eigenvalue weighted by molar-refractivity contribution is 7.18. The highest BCUT2D eigenvalue weighted by Gasteiger charge is 2.24. The highest BCUT2D eigenvalue weighted by Crippen LogP contribution is 2.31. The zero-order chi connectivity index (χ0) is 20.5. The molecule has 1 aromatic carbocycles. The van der Waals surface area contributed by atoms with Crippen LogP contribution >= 0.6 is 11.3 Å². The summed E-state index contributed by atoms with van der Waals surface area (Å²) in [5.41, 5.74) is 1.56. The second-order valence-electron chi connectivity index (χ2n) is 7.15. The lowest BCUT2D eigenvalue weighted by molar-refractivity contribution is 0.0746. The Morgan fingerprint density at radius 2 is 1.87 bits per heavy atom. The van der Waals surface area contributed by atoms with Crippen LogP contribution in [0, 0.1) is 0 Å². The molecular weight excluding hydrogens is 398 g/mol. The zero-order valence-corrected chi connectivity index (χ0v) is 17.4. The first-order valence-electron chi connectivity index (χ1n) is 9.95. The number of amides is 1. The maximum absolute atomic E-state index is 12.9. The van der Waals surface area contributed by atoms with Gasteiger partial charge in [0, 0.05) is 36.6 Å². The molecule has 5 rings (SSSR count). The third kappa shape index (κ3) is 3.41. The number of carbonyl (C=O) groups is 1. The van der Waals surface area contributed by atoms with Crippen molar-refractivity contribution >= 4 is 33.3 Å². The first-order valence-corrected chi connectivity index (χ1v) is 10.8. The molecule has 1 fully saturated rings. The monoisotopic (exact) mass is 419 g/mol. The van der Waals surface area contributed by atoms with Crippen molar-refractivity contribution in [1.82, 2.24) is 29.6 Å². The lowest BCUT2D eigenvalue weighted by Gasteiger charge is -2.35. The molecule has 8 nitrogen and oxygen atoms in total. The summed E-state index contributed by atoms with van der Waals surface area (Å²) in [4.78, 5) is 32.4. The molecule has 152 valence electrons. The molecule has 3 aromatic heterocycles. The summed E-state index contributed by atoms with van der Waals surface area (Å²) in [6.45, 7) is 5.00. The van der Waals surface area contributed by atoms with Gasteiger partial charge in [0.2, 0.25) is 0 Å². The largest absolute Gasteiger partial charge is 0.352 e. The van der Waals surface area contributed by atoms with Crippen molar-refractivity contribution in [1.29, 1.82) is 0 Å². The third-order valence-electron chi connectivity index (χ3n) is 5.37. The van der Waals surface area contributed by atoms with Gasteiger partial charge in [0.05, 0.1) is 11.1 Å². The van der Waals surface area contributed by atoms with E-state index in [1.807, 2.05) is 29.2 Å². The summed E-state index contributed by atoms with van der Waals surface area (Å²) >= 11 is 1.73. The molecule has 30 heavy (non-hydrogen) atoms. The van der Waals surface area contributed by atoms with E-state index in [0.29, 0.717) is 18.7 Å². The second-order valence-corrected chi connectivity index (χ2v) is 8.26. The Labute approximate surface area is 177 Å². The molecule has 4 heterocycles. The third-order valence-corrected chi connectivity index (χ3v) is 6.56. The van der Waals surface area contributed by atoms with Crippen molar-refractivity contribution in [2.24, 2.45) is 0 Å². The van der Waals surface area contributed by atoms with Gasteiger partial charge < -0.3 is 9.80 Å². The number of nitrogens with zero attached hydrogens (tertiary/aromatic N) is 7. The molecular formula is C21H21N7OS. The van der Waals surface area contributed by atoms with Gasteiger partial charge in [-0.15, -0.1) is 11.3 Å². The van der Waals surface area contributed by atoms with Gasteiger partial charge in [0.1, 0.15) is 29.6 Å². The molecule has 0 unspecified atom stereocenters. The number of aromatic nitrogens is 5. The number of anilines is 1. The molecule has 0 spiro atoms. The van der Waals surface area contributed by atoms with Crippen LogP contribution in [0.3, 0.4) is 0 Å². The molecule has 1 amide bonds.